The van der Waals surface area contributed by atoms with Crippen LogP contribution in [-0.4, -0.2) is 38.0 Å². The van der Waals surface area contributed by atoms with Gasteiger partial charge in [0.05, 0.1) is 6.61 Å². The van der Waals surface area contributed by atoms with Gasteiger partial charge < -0.3 is 20.3 Å². The first kappa shape index (κ1) is 16.7. The number of ether oxygens (including phenoxy) is 1. The topological polar surface area (TPSA) is 36.5 Å². The molecule has 112 valence electrons. The van der Waals surface area contributed by atoms with Gasteiger partial charge in [0.25, 0.3) is 0 Å². The van der Waals surface area contributed by atoms with E-state index in [1.165, 1.54) is 5.69 Å². The van der Waals surface area contributed by atoms with E-state index in [4.69, 9.17) is 17.0 Å². The van der Waals surface area contributed by atoms with Crippen molar-refractivity contribution in [2.24, 2.45) is 0 Å². The van der Waals surface area contributed by atoms with Crippen molar-refractivity contribution in [3.05, 3.63) is 24.3 Å². The van der Waals surface area contributed by atoms with Gasteiger partial charge in [-0.3, -0.25) is 0 Å². The minimum Gasteiger partial charge on any atom is -0.383 e. The summed E-state index contributed by atoms with van der Waals surface area (Å²) in [5.41, 5.74) is 2.22. The second-order valence-corrected chi connectivity index (χ2v) is 5.21. The van der Waals surface area contributed by atoms with E-state index < -0.39 is 0 Å². The van der Waals surface area contributed by atoms with Crippen molar-refractivity contribution in [1.82, 2.24) is 5.32 Å². The van der Waals surface area contributed by atoms with E-state index in [2.05, 4.69) is 48.4 Å². The Hall–Kier alpha value is -1.33. The Morgan fingerprint density at radius 1 is 1.30 bits per heavy atom. The maximum Gasteiger partial charge on any atom is 0.170 e. The van der Waals surface area contributed by atoms with Crippen LogP contribution in [0.3, 0.4) is 0 Å². The molecule has 0 amide bonds. The van der Waals surface area contributed by atoms with Crippen LogP contribution in [0, 0.1) is 0 Å². The molecule has 0 aliphatic heterocycles. The van der Waals surface area contributed by atoms with Crippen molar-refractivity contribution in [1.29, 1.82) is 0 Å². The van der Waals surface area contributed by atoms with E-state index in [1.807, 2.05) is 12.1 Å². The molecule has 0 unspecified atom stereocenters. The molecule has 1 aromatic rings. The second kappa shape index (κ2) is 8.76. The summed E-state index contributed by atoms with van der Waals surface area (Å²) in [6.45, 7) is 8.91. The van der Waals surface area contributed by atoms with Gasteiger partial charge in [-0.1, -0.05) is 0 Å². The van der Waals surface area contributed by atoms with Gasteiger partial charge in [0.2, 0.25) is 0 Å². The summed E-state index contributed by atoms with van der Waals surface area (Å²) in [5.74, 6) is 0. The van der Waals surface area contributed by atoms with E-state index in [0.29, 0.717) is 24.3 Å². The highest BCUT2D eigenvalue weighted by Crippen LogP contribution is 2.19. The van der Waals surface area contributed by atoms with Crippen molar-refractivity contribution in [2.45, 2.75) is 26.8 Å². The predicted octanol–water partition coefficient (Wildman–Crippen LogP) is 2.85. The van der Waals surface area contributed by atoms with Crippen LogP contribution in [0.15, 0.2) is 24.3 Å². The van der Waals surface area contributed by atoms with Crippen LogP contribution in [-0.2, 0) is 4.74 Å². The molecule has 0 saturated carbocycles. The molecule has 0 bridgehead atoms. The number of nitrogens with one attached hydrogen (secondary N) is 2. The van der Waals surface area contributed by atoms with Crippen LogP contribution < -0.4 is 15.5 Å². The van der Waals surface area contributed by atoms with E-state index in [-0.39, 0.29) is 0 Å². The molecular weight excluding hydrogens is 270 g/mol. The summed E-state index contributed by atoms with van der Waals surface area (Å²) in [6.07, 6.45) is 0. The minimum absolute atomic E-state index is 0.496. The average molecular weight is 295 g/mol. The molecule has 2 N–H and O–H groups in total. The smallest absolute Gasteiger partial charge is 0.170 e. The third-order valence-electron chi connectivity index (χ3n) is 3.01. The summed E-state index contributed by atoms with van der Waals surface area (Å²) in [7, 11) is 1.67. The fourth-order valence-corrected chi connectivity index (χ4v) is 2.24. The summed E-state index contributed by atoms with van der Waals surface area (Å²) in [5, 5.41) is 6.86. The number of thiocarbonyl (C=S) groups is 1. The fraction of sp³-hybridized carbons (Fsp3) is 0.533. The molecule has 0 heterocycles. The zero-order valence-corrected chi connectivity index (χ0v) is 13.6. The molecule has 0 aliphatic carbocycles. The largest absolute Gasteiger partial charge is 0.383 e. The second-order valence-electron chi connectivity index (χ2n) is 4.80. The van der Waals surface area contributed by atoms with Crippen molar-refractivity contribution >= 4 is 28.7 Å². The molecule has 0 fully saturated rings. The molecule has 0 atom stereocenters. The highest BCUT2D eigenvalue weighted by atomic mass is 32.1. The normalized spacial score (nSPS) is 10.4. The maximum atomic E-state index is 5.21. The number of hydrogen-bond acceptors (Lipinski definition) is 3. The molecule has 1 rings (SSSR count). The monoisotopic (exact) mass is 295 g/mol. The Morgan fingerprint density at radius 3 is 2.45 bits per heavy atom. The predicted molar refractivity (Wildman–Crippen MR) is 90.7 cm³/mol. The highest BCUT2D eigenvalue weighted by Gasteiger charge is 2.07. The number of rotatable bonds is 7. The van der Waals surface area contributed by atoms with Gasteiger partial charge in [-0.15, -0.1) is 0 Å². The number of anilines is 2. The summed E-state index contributed by atoms with van der Waals surface area (Å²) >= 11 is 5.21. The average Bonchev–Trinajstić information content (AvgIpc) is 2.41. The van der Waals surface area contributed by atoms with Crippen LogP contribution in [0.2, 0.25) is 0 Å². The van der Waals surface area contributed by atoms with E-state index in [0.717, 1.165) is 12.2 Å². The number of nitrogens with zero attached hydrogens (tertiary/aromatic N) is 1. The van der Waals surface area contributed by atoms with Crippen LogP contribution in [0.25, 0.3) is 0 Å². The molecule has 0 aliphatic rings. The highest BCUT2D eigenvalue weighted by molar-refractivity contribution is 7.80. The Balaban J connectivity index is 2.56. The third-order valence-corrected chi connectivity index (χ3v) is 3.26. The lowest BCUT2D eigenvalue weighted by Crippen LogP contribution is -2.31. The van der Waals surface area contributed by atoms with Crippen molar-refractivity contribution in [2.75, 3.05) is 37.0 Å². The van der Waals surface area contributed by atoms with Gasteiger partial charge in [0.1, 0.15) is 0 Å². The van der Waals surface area contributed by atoms with Gasteiger partial charge in [-0.05, 0) is 57.3 Å². The molecule has 5 heteroatoms. The maximum absolute atomic E-state index is 5.21. The summed E-state index contributed by atoms with van der Waals surface area (Å²) in [4.78, 5) is 2.35. The number of hydrogen-bond donors (Lipinski definition) is 2. The molecule has 0 spiro atoms. The zero-order valence-electron chi connectivity index (χ0n) is 12.8. The van der Waals surface area contributed by atoms with Crippen molar-refractivity contribution < 1.29 is 4.74 Å². The first-order valence-electron chi connectivity index (χ1n) is 6.99. The van der Waals surface area contributed by atoms with Crippen LogP contribution in [0.4, 0.5) is 11.4 Å². The lowest BCUT2D eigenvalue weighted by molar-refractivity contribution is 0.204. The lowest BCUT2D eigenvalue weighted by Gasteiger charge is -2.27. The van der Waals surface area contributed by atoms with Gasteiger partial charge >= 0.3 is 0 Å². The Kier molecular flexibility index (Phi) is 7.33. The minimum atomic E-state index is 0.496. The Morgan fingerprint density at radius 2 is 1.95 bits per heavy atom. The van der Waals surface area contributed by atoms with Crippen molar-refractivity contribution in [3.8, 4) is 0 Å². The zero-order chi connectivity index (χ0) is 15.0. The van der Waals surface area contributed by atoms with Gasteiger partial charge in [-0.25, -0.2) is 0 Å². The fourth-order valence-electron chi connectivity index (χ4n) is 2.02. The molecule has 0 saturated heterocycles. The standard InChI is InChI=1S/C15H25N3OS/c1-5-18(12(2)3)14-8-6-13(7-9-14)17-15(20)16-10-11-19-4/h6-9,12H,5,10-11H2,1-4H3,(H2,16,17,20). The van der Waals surface area contributed by atoms with Crippen LogP contribution >= 0.6 is 12.2 Å². The first-order valence-corrected chi connectivity index (χ1v) is 7.39. The molecule has 4 nitrogen and oxygen atoms in total. The van der Waals surface area contributed by atoms with E-state index in [1.54, 1.807) is 7.11 Å². The first-order chi connectivity index (χ1) is 9.58. The number of methoxy groups -OCH3 is 1. The molecule has 0 radical (unpaired) electrons. The van der Waals surface area contributed by atoms with E-state index in [9.17, 15) is 0 Å². The van der Waals surface area contributed by atoms with Gasteiger partial charge in [0.15, 0.2) is 5.11 Å². The summed E-state index contributed by atoms with van der Waals surface area (Å²) in [6, 6.07) is 8.82. The molecular formula is C15H25N3OS. The summed E-state index contributed by atoms with van der Waals surface area (Å²) < 4.78 is 4.96. The SMILES string of the molecule is CCN(c1ccc(NC(=S)NCCOC)cc1)C(C)C. The van der Waals surface area contributed by atoms with Crippen molar-refractivity contribution in [3.63, 3.8) is 0 Å². The molecule has 20 heavy (non-hydrogen) atoms. The van der Waals surface area contributed by atoms with Gasteiger partial charge in [-0.2, -0.15) is 0 Å². The Labute approximate surface area is 127 Å². The quantitative estimate of drug-likeness (QED) is 0.597. The van der Waals surface area contributed by atoms with Gasteiger partial charge in [0, 0.05) is 37.6 Å². The molecule has 1 aromatic carbocycles. The third kappa shape index (κ3) is 5.35. The molecule has 0 aromatic heterocycles. The van der Waals surface area contributed by atoms with Crippen LogP contribution in [0.1, 0.15) is 20.8 Å². The van der Waals surface area contributed by atoms with E-state index >= 15 is 0 Å². The lowest BCUT2D eigenvalue weighted by atomic mass is 10.2. The number of benzene rings is 1. The Bertz CT molecular complexity index is 406. The van der Waals surface area contributed by atoms with Crippen LogP contribution in [0.5, 0.6) is 0 Å².